The van der Waals surface area contributed by atoms with Crippen LogP contribution in [0.4, 0.5) is 5.82 Å². The number of anilines is 1. The van der Waals surface area contributed by atoms with E-state index in [-0.39, 0.29) is 0 Å². The molecule has 0 bridgehead atoms. The predicted molar refractivity (Wildman–Crippen MR) is 61.9 cm³/mol. The fourth-order valence-electron chi connectivity index (χ4n) is 2.15. The van der Waals surface area contributed by atoms with Crippen molar-refractivity contribution >= 4 is 11.8 Å². The fourth-order valence-corrected chi connectivity index (χ4v) is 2.15. The van der Waals surface area contributed by atoms with E-state index in [1.165, 1.54) is 12.5 Å². The van der Waals surface area contributed by atoms with Crippen LogP contribution in [-0.4, -0.2) is 28.6 Å². The van der Waals surface area contributed by atoms with E-state index in [0.29, 0.717) is 11.6 Å². The number of aromatic carboxylic acids is 1. The van der Waals surface area contributed by atoms with Gasteiger partial charge in [-0.05, 0) is 38.3 Å². The molecule has 0 aliphatic carbocycles. The number of hydrogen-bond acceptors (Lipinski definition) is 3. The summed E-state index contributed by atoms with van der Waals surface area (Å²) in [6.07, 6.45) is 5.12. The molecular formula is C12H16N2O2. The molecule has 16 heavy (non-hydrogen) atoms. The van der Waals surface area contributed by atoms with E-state index in [0.717, 1.165) is 25.2 Å². The molecule has 1 aliphatic heterocycles. The number of carboxylic acid groups (broad SMARTS) is 1. The highest BCUT2D eigenvalue weighted by atomic mass is 16.4. The van der Waals surface area contributed by atoms with E-state index in [1.54, 1.807) is 12.3 Å². The van der Waals surface area contributed by atoms with E-state index in [2.05, 4.69) is 16.8 Å². The van der Waals surface area contributed by atoms with E-state index < -0.39 is 5.97 Å². The topological polar surface area (TPSA) is 53.4 Å². The molecule has 2 heterocycles. The lowest BCUT2D eigenvalue weighted by molar-refractivity contribution is 0.0696. The Morgan fingerprint density at radius 3 is 3.06 bits per heavy atom. The van der Waals surface area contributed by atoms with E-state index in [9.17, 15) is 4.79 Å². The second-order valence-corrected chi connectivity index (χ2v) is 4.25. The van der Waals surface area contributed by atoms with Gasteiger partial charge in [-0.25, -0.2) is 9.78 Å². The normalized spacial score (nSPS) is 20.8. The Morgan fingerprint density at radius 1 is 1.56 bits per heavy atom. The molecule has 1 atom stereocenters. The van der Waals surface area contributed by atoms with Gasteiger partial charge in [-0.2, -0.15) is 0 Å². The highest BCUT2D eigenvalue weighted by Crippen LogP contribution is 2.23. The smallest absolute Gasteiger partial charge is 0.335 e. The first kappa shape index (κ1) is 10.9. The Bertz CT molecular complexity index is 392. The molecule has 0 aromatic carbocycles. The third-order valence-corrected chi connectivity index (χ3v) is 3.09. The molecule has 4 nitrogen and oxygen atoms in total. The molecule has 0 radical (unpaired) electrons. The summed E-state index contributed by atoms with van der Waals surface area (Å²) < 4.78 is 0. The molecule has 1 unspecified atom stereocenters. The minimum Gasteiger partial charge on any atom is -0.478 e. The molecule has 0 amide bonds. The summed E-state index contributed by atoms with van der Waals surface area (Å²) >= 11 is 0. The number of carbonyl (C=O) groups is 1. The summed E-state index contributed by atoms with van der Waals surface area (Å²) in [4.78, 5) is 17.3. The molecule has 2 rings (SSSR count). The molecule has 86 valence electrons. The van der Waals surface area contributed by atoms with Crippen LogP contribution >= 0.6 is 0 Å². The highest BCUT2D eigenvalue weighted by Gasteiger charge is 2.20. The molecule has 0 spiro atoms. The minimum absolute atomic E-state index is 0.308. The molecule has 1 aromatic heterocycles. The number of aromatic nitrogens is 1. The van der Waals surface area contributed by atoms with Crippen LogP contribution < -0.4 is 4.90 Å². The summed E-state index contributed by atoms with van der Waals surface area (Å²) in [7, 11) is 0. The molecule has 1 fully saturated rings. The molecular weight excluding hydrogens is 204 g/mol. The lowest BCUT2D eigenvalue weighted by Gasteiger charge is -2.34. The van der Waals surface area contributed by atoms with Gasteiger partial charge in [-0.3, -0.25) is 0 Å². The summed E-state index contributed by atoms with van der Waals surface area (Å²) in [6, 6.07) is 3.63. The SMILES string of the molecule is CC1CCCCN1c1cc(C(=O)O)ccn1. The van der Waals surface area contributed by atoms with Crippen LogP contribution in [-0.2, 0) is 0 Å². The Kier molecular flexibility index (Phi) is 3.08. The van der Waals surface area contributed by atoms with Crippen LogP contribution in [0.15, 0.2) is 18.3 Å². The maximum absolute atomic E-state index is 10.9. The van der Waals surface area contributed by atoms with Gasteiger partial charge in [-0.1, -0.05) is 0 Å². The third kappa shape index (κ3) is 2.15. The van der Waals surface area contributed by atoms with Crippen LogP contribution in [0.2, 0.25) is 0 Å². The first-order valence-electron chi connectivity index (χ1n) is 5.64. The van der Waals surface area contributed by atoms with Crippen molar-refractivity contribution in [3.05, 3.63) is 23.9 Å². The van der Waals surface area contributed by atoms with Gasteiger partial charge in [0, 0.05) is 18.8 Å². The zero-order chi connectivity index (χ0) is 11.5. The van der Waals surface area contributed by atoms with Crippen LogP contribution in [0, 0.1) is 0 Å². The lowest BCUT2D eigenvalue weighted by Crippen LogP contribution is -2.38. The van der Waals surface area contributed by atoms with Gasteiger partial charge in [0.1, 0.15) is 5.82 Å². The second kappa shape index (κ2) is 4.51. The predicted octanol–water partition coefficient (Wildman–Crippen LogP) is 2.16. The maximum Gasteiger partial charge on any atom is 0.335 e. The molecule has 1 N–H and O–H groups in total. The number of carboxylic acids is 1. The Balaban J connectivity index is 2.25. The maximum atomic E-state index is 10.9. The standard InChI is InChI=1S/C12H16N2O2/c1-9-4-2-3-7-14(9)11-8-10(12(15)16)5-6-13-11/h5-6,8-9H,2-4,7H2,1H3,(H,15,16). The van der Waals surface area contributed by atoms with Gasteiger partial charge in [0.2, 0.25) is 0 Å². The van der Waals surface area contributed by atoms with Crippen molar-refractivity contribution in [2.75, 3.05) is 11.4 Å². The van der Waals surface area contributed by atoms with Crippen molar-refractivity contribution in [3.8, 4) is 0 Å². The Labute approximate surface area is 94.9 Å². The quantitative estimate of drug-likeness (QED) is 0.829. The summed E-state index contributed by atoms with van der Waals surface area (Å²) in [5, 5.41) is 8.93. The third-order valence-electron chi connectivity index (χ3n) is 3.09. The number of rotatable bonds is 2. The molecule has 1 aliphatic rings. The minimum atomic E-state index is -0.895. The van der Waals surface area contributed by atoms with Crippen LogP contribution in [0.3, 0.4) is 0 Å². The average Bonchev–Trinajstić information content (AvgIpc) is 2.30. The highest BCUT2D eigenvalue weighted by molar-refractivity contribution is 5.88. The van der Waals surface area contributed by atoms with Crippen molar-refractivity contribution in [2.24, 2.45) is 0 Å². The van der Waals surface area contributed by atoms with Crippen LogP contribution in [0.25, 0.3) is 0 Å². The molecule has 1 aromatic rings. The van der Waals surface area contributed by atoms with Crippen molar-refractivity contribution < 1.29 is 9.90 Å². The fraction of sp³-hybridized carbons (Fsp3) is 0.500. The van der Waals surface area contributed by atoms with Gasteiger partial charge < -0.3 is 10.0 Å². The van der Waals surface area contributed by atoms with E-state index >= 15 is 0 Å². The van der Waals surface area contributed by atoms with Gasteiger partial charge >= 0.3 is 5.97 Å². The second-order valence-electron chi connectivity index (χ2n) is 4.25. The lowest BCUT2D eigenvalue weighted by atomic mass is 10.0. The number of hydrogen-bond donors (Lipinski definition) is 1. The summed E-state index contributed by atoms with van der Waals surface area (Å²) in [6.45, 7) is 3.13. The Hall–Kier alpha value is -1.58. The molecule has 1 saturated heterocycles. The van der Waals surface area contributed by atoms with Crippen LogP contribution in [0.1, 0.15) is 36.5 Å². The number of nitrogens with zero attached hydrogens (tertiary/aromatic N) is 2. The van der Waals surface area contributed by atoms with Gasteiger partial charge in [-0.15, -0.1) is 0 Å². The van der Waals surface area contributed by atoms with Gasteiger partial charge in [0.25, 0.3) is 0 Å². The number of piperidine rings is 1. The summed E-state index contributed by atoms with van der Waals surface area (Å²) in [5.74, 6) is -0.111. The average molecular weight is 220 g/mol. The van der Waals surface area contributed by atoms with E-state index in [1.807, 2.05) is 0 Å². The zero-order valence-corrected chi connectivity index (χ0v) is 9.39. The van der Waals surface area contributed by atoms with E-state index in [4.69, 9.17) is 5.11 Å². The monoisotopic (exact) mass is 220 g/mol. The van der Waals surface area contributed by atoms with Crippen LogP contribution in [0.5, 0.6) is 0 Å². The van der Waals surface area contributed by atoms with Crippen molar-refractivity contribution in [3.63, 3.8) is 0 Å². The van der Waals surface area contributed by atoms with Gasteiger partial charge in [0.15, 0.2) is 0 Å². The van der Waals surface area contributed by atoms with Gasteiger partial charge in [0.05, 0.1) is 5.56 Å². The zero-order valence-electron chi connectivity index (χ0n) is 9.39. The van der Waals surface area contributed by atoms with Crippen molar-refractivity contribution in [1.29, 1.82) is 0 Å². The number of pyridine rings is 1. The first-order valence-corrected chi connectivity index (χ1v) is 5.64. The van der Waals surface area contributed by atoms with Crippen molar-refractivity contribution in [2.45, 2.75) is 32.2 Å². The van der Waals surface area contributed by atoms with Crippen molar-refractivity contribution in [1.82, 2.24) is 4.98 Å². The molecule has 4 heteroatoms. The molecule has 0 saturated carbocycles. The largest absolute Gasteiger partial charge is 0.478 e. The Morgan fingerprint density at radius 2 is 2.38 bits per heavy atom. The first-order chi connectivity index (χ1) is 7.68. The summed E-state index contributed by atoms with van der Waals surface area (Å²) in [5.41, 5.74) is 0.308.